The summed E-state index contributed by atoms with van der Waals surface area (Å²) in [5.41, 5.74) is 8.20. The molecule has 244 valence electrons. The highest BCUT2D eigenvalue weighted by Crippen LogP contribution is 2.39. The molecule has 1 aromatic heterocycles. The van der Waals surface area contributed by atoms with Gasteiger partial charge in [0.1, 0.15) is 5.75 Å². The van der Waals surface area contributed by atoms with Gasteiger partial charge in [-0.15, -0.1) is 0 Å². The second kappa shape index (κ2) is 14.0. The Bertz CT molecular complexity index is 1700. The van der Waals surface area contributed by atoms with Crippen LogP contribution >= 0.6 is 0 Å². The van der Waals surface area contributed by atoms with Gasteiger partial charge in [0.2, 0.25) is 0 Å². The minimum atomic E-state index is -0.0993. The third-order valence-corrected chi connectivity index (χ3v) is 9.70. The predicted molar refractivity (Wildman–Crippen MR) is 186 cm³/mol. The van der Waals surface area contributed by atoms with E-state index in [4.69, 9.17) is 14.6 Å². The molecule has 9 nitrogen and oxygen atoms in total. The van der Waals surface area contributed by atoms with Crippen LogP contribution in [-0.2, 0) is 17.8 Å². The summed E-state index contributed by atoms with van der Waals surface area (Å²) in [6, 6.07) is 24.7. The molecule has 3 aromatic carbocycles. The number of carbonyl (C=O) groups is 1. The maximum Gasteiger partial charge on any atom is 0.349 e. The quantitative estimate of drug-likeness (QED) is 0.203. The lowest BCUT2D eigenvalue weighted by atomic mass is 9.82. The number of nitrogens with one attached hydrogen (secondary N) is 1. The van der Waals surface area contributed by atoms with E-state index >= 15 is 0 Å². The van der Waals surface area contributed by atoms with Gasteiger partial charge in [-0.2, -0.15) is 10.2 Å². The number of hydrogen-bond acceptors (Lipinski definition) is 6. The van der Waals surface area contributed by atoms with Crippen LogP contribution < -0.4 is 15.0 Å². The van der Waals surface area contributed by atoms with E-state index in [9.17, 15) is 4.79 Å². The number of aromatic nitrogens is 2. The summed E-state index contributed by atoms with van der Waals surface area (Å²) in [4.78, 5) is 16.5. The van der Waals surface area contributed by atoms with Crippen LogP contribution in [-0.4, -0.2) is 52.9 Å². The number of ether oxygens (including phenoxy) is 2. The molecular formula is C38H44N6O3. The highest BCUT2D eigenvalue weighted by atomic mass is 16.5. The Morgan fingerprint density at radius 1 is 0.915 bits per heavy atom. The van der Waals surface area contributed by atoms with E-state index in [-0.39, 0.29) is 12.1 Å². The van der Waals surface area contributed by atoms with Gasteiger partial charge in [-0.25, -0.2) is 9.80 Å². The van der Waals surface area contributed by atoms with E-state index < -0.39 is 0 Å². The first-order valence-electron chi connectivity index (χ1n) is 17.0. The van der Waals surface area contributed by atoms with Crippen LogP contribution in [0.1, 0.15) is 67.3 Å². The number of rotatable bonds is 9. The smallest absolute Gasteiger partial charge is 0.349 e. The molecule has 3 aliphatic rings. The molecule has 1 aliphatic carbocycles. The average molecular weight is 633 g/mol. The summed E-state index contributed by atoms with van der Waals surface area (Å²) in [5.74, 6) is 1.19. The minimum Gasteiger partial charge on any atom is -0.497 e. The SMILES string of the molecule is COc1ccc(Cn2nccc2CNc2ccc(N3C(=O)N(C4CCOCC4)N=C(C4CCCCC4)c4ccc(C)cc43)cc2)cc1. The Morgan fingerprint density at radius 3 is 2.43 bits per heavy atom. The number of urea groups is 1. The van der Waals surface area contributed by atoms with Crippen LogP contribution in [0.25, 0.3) is 0 Å². The molecule has 0 unspecified atom stereocenters. The molecule has 4 aromatic rings. The fraction of sp³-hybridized carbons (Fsp3) is 0.395. The zero-order chi connectivity index (χ0) is 32.2. The van der Waals surface area contributed by atoms with Crippen LogP contribution in [0.2, 0.25) is 0 Å². The summed E-state index contributed by atoms with van der Waals surface area (Å²) in [7, 11) is 1.68. The molecule has 3 heterocycles. The Morgan fingerprint density at radius 2 is 1.68 bits per heavy atom. The van der Waals surface area contributed by atoms with Crippen molar-refractivity contribution < 1.29 is 14.3 Å². The van der Waals surface area contributed by atoms with E-state index in [1.165, 1.54) is 19.3 Å². The van der Waals surface area contributed by atoms with Gasteiger partial charge in [-0.1, -0.05) is 43.5 Å². The van der Waals surface area contributed by atoms with Crippen molar-refractivity contribution in [2.24, 2.45) is 11.0 Å². The molecule has 7 rings (SSSR count). The van der Waals surface area contributed by atoms with E-state index in [1.807, 2.05) is 46.1 Å². The molecule has 0 bridgehead atoms. The largest absolute Gasteiger partial charge is 0.497 e. The third kappa shape index (κ3) is 6.76. The Labute approximate surface area is 277 Å². The summed E-state index contributed by atoms with van der Waals surface area (Å²) in [6.07, 6.45) is 9.31. The van der Waals surface area contributed by atoms with Crippen molar-refractivity contribution in [3.05, 3.63) is 101 Å². The molecule has 9 heteroatoms. The van der Waals surface area contributed by atoms with Crippen molar-refractivity contribution in [1.82, 2.24) is 14.8 Å². The lowest BCUT2D eigenvalue weighted by Crippen LogP contribution is -2.45. The number of hydrogen-bond donors (Lipinski definition) is 1. The van der Waals surface area contributed by atoms with Crippen LogP contribution in [0.3, 0.4) is 0 Å². The number of methoxy groups -OCH3 is 1. The van der Waals surface area contributed by atoms with Gasteiger partial charge in [0, 0.05) is 36.6 Å². The first-order chi connectivity index (χ1) is 23.1. The second-order valence-corrected chi connectivity index (χ2v) is 12.9. The van der Waals surface area contributed by atoms with Crippen molar-refractivity contribution in [3.63, 3.8) is 0 Å². The molecule has 0 spiro atoms. The number of carbonyl (C=O) groups excluding carboxylic acids is 1. The maximum absolute atomic E-state index is 14.6. The van der Waals surface area contributed by atoms with Gasteiger partial charge >= 0.3 is 6.03 Å². The lowest BCUT2D eigenvalue weighted by Gasteiger charge is -2.33. The van der Waals surface area contributed by atoms with E-state index in [2.05, 4.69) is 59.8 Å². The fourth-order valence-corrected chi connectivity index (χ4v) is 7.03. The molecule has 2 fully saturated rings. The van der Waals surface area contributed by atoms with Crippen LogP contribution in [0.5, 0.6) is 5.75 Å². The molecule has 2 aliphatic heterocycles. The standard InChI is InChI=1S/C38H44N6O3/c1-27-8-17-35-36(24-27)43(38(45)44(32-19-22-47-23-20-32)41-37(35)29-6-4-3-5-7-29)31-13-11-30(12-14-31)39-25-33-18-21-40-42(33)26-28-9-15-34(46-2)16-10-28/h8-18,21,24,29,32,39H,3-7,19-20,22-23,25-26H2,1-2H3. The highest BCUT2D eigenvalue weighted by Gasteiger charge is 2.37. The Kier molecular flexibility index (Phi) is 9.24. The molecule has 1 N–H and O–H groups in total. The van der Waals surface area contributed by atoms with Crippen molar-refractivity contribution in [3.8, 4) is 5.75 Å². The summed E-state index contributed by atoms with van der Waals surface area (Å²) in [6.45, 7) is 4.68. The fourth-order valence-electron chi connectivity index (χ4n) is 7.03. The van der Waals surface area contributed by atoms with Crippen molar-refractivity contribution in [2.45, 2.75) is 71.0 Å². The average Bonchev–Trinajstić information content (AvgIpc) is 3.51. The topological polar surface area (TPSA) is 84.2 Å². The predicted octanol–water partition coefficient (Wildman–Crippen LogP) is 7.90. The van der Waals surface area contributed by atoms with E-state index in [0.29, 0.717) is 32.2 Å². The van der Waals surface area contributed by atoms with Crippen molar-refractivity contribution in [1.29, 1.82) is 0 Å². The molecule has 0 atom stereocenters. The zero-order valence-corrected chi connectivity index (χ0v) is 27.4. The molecule has 0 radical (unpaired) electrons. The van der Waals surface area contributed by atoms with Crippen LogP contribution in [0.4, 0.5) is 21.9 Å². The lowest BCUT2D eigenvalue weighted by molar-refractivity contribution is 0.0480. The molecule has 1 saturated heterocycles. The van der Waals surface area contributed by atoms with Crippen molar-refractivity contribution >= 4 is 28.8 Å². The van der Waals surface area contributed by atoms with Gasteiger partial charge in [-0.05, 0) is 92.3 Å². The highest BCUT2D eigenvalue weighted by molar-refractivity contribution is 6.14. The molecular weight excluding hydrogens is 588 g/mol. The van der Waals surface area contributed by atoms with Gasteiger partial charge in [0.25, 0.3) is 0 Å². The van der Waals surface area contributed by atoms with Gasteiger partial charge in [-0.3, -0.25) is 9.58 Å². The number of aryl methyl sites for hydroxylation is 1. The summed E-state index contributed by atoms with van der Waals surface area (Å²) >= 11 is 0. The first-order valence-corrected chi connectivity index (χ1v) is 17.0. The first kappa shape index (κ1) is 31.0. The van der Waals surface area contributed by atoms with E-state index in [0.717, 1.165) is 76.6 Å². The monoisotopic (exact) mass is 632 g/mol. The Hall–Kier alpha value is -4.63. The van der Waals surface area contributed by atoms with Crippen LogP contribution in [0, 0.1) is 12.8 Å². The molecule has 1 saturated carbocycles. The number of nitrogens with zero attached hydrogens (tertiary/aromatic N) is 5. The second-order valence-electron chi connectivity index (χ2n) is 12.9. The number of hydrazone groups is 1. The zero-order valence-electron chi connectivity index (χ0n) is 27.4. The minimum absolute atomic E-state index is 0.0106. The normalized spacial score (nSPS) is 17.7. The van der Waals surface area contributed by atoms with Gasteiger partial charge in [0.05, 0.1) is 49.0 Å². The summed E-state index contributed by atoms with van der Waals surface area (Å²) in [5, 5.41) is 15.1. The Balaban J connectivity index is 1.15. The number of benzene rings is 3. The maximum atomic E-state index is 14.6. The number of anilines is 3. The third-order valence-electron chi connectivity index (χ3n) is 9.70. The molecule has 2 amide bonds. The van der Waals surface area contributed by atoms with Gasteiger partial charge in [0.15, 0.2) is 0 Å². The number of amides is 2. The van der Waals surface area contributed by atoms with E-state index in [1.54, 1.807) is 12.1 Å². The number of fused-ring (bicyclic) bond motifs is 1. The van der Waals surface area contributed by atoms with Crippen LogP contribution in [0.15, 0.2) is 84.1 Å². The summed E-state index contributed by atoms with van der Waals surface area (Å²) < 4.78 is 13.0. The molecule has 47 heavy (non-hydrogen) atoms. The van der Waals surface area contributed by atoms with Gasteiger partial charge < -0.3 is 14.8 Å². The van der Waals surface area contributed by atoms with Crippen molar-refractivity contribution in [2.75, 3.05) is 30.5 Å².